The van der Waals surface area contributed by atoms with Crippen molar-refractivity contribution in [1.82, 2.24) is 0 Å². The number of nitrogens with zero attached hydrogens (tertiary/aromatic N) is 2. The molecule has 0 N–H and O–H groups in total. The Labute approximate surface area is 116 Å². The number of hydrogen-bond acceptors (Lipinski definition) is 6. The summed E-state index contributed by atoms with van der Waals surface area (Å²) in [6.07, 6.45) is 0. The monoisotopic (exact) mass is 280 g/mol. The van der Waals surface area contributed by atoms with Crippen LogP contribution in [0.3, 0.4) is 0 Å². The molecule has 0 aliphatic carbocycles. The Bertz CT molecular complexity index is 582. The molecular weight excluding hydrogens is 264 g/mol. The van der Waals surface area contributed by atoms with E-state index in [0.29, 0.717) is 18.0 Å². The Kier molecular flexibility index (Phi) is 3.29. The minimum atomic E-state index is -0.740. The first-order valence-electron chi connectivity index (χ1n) is 6.05. The minimum absolute atomic E-state index is 0.0793. The van der Waals surface area contributed by atoms with E-state index in [1.54, 1.807) is 0 Å². The Morgan fingerprint density at radius 3 is 2.70 bits per heavy atom. The number of ether oxygens (including phenoxy) is 2. The number of anilines is 1. The average Bonchev–Trinajstić information content (AvgIpc) is 2.41. The molecule has 0 fully saturated rings. The van der Waals surface area contributed by atoms with Gasteiger partial charge in [0, 0.05) is 7.05 Å². The zero-order valence-electron chi connectivity index (χ0n) is 11.8. The first kappa shape index (κ1) is 14.1. The van der Waals surface area contributed by atoms with Crippen LogP contribution in [0.25, 0.3) is 0 Å². The van der Waals surface area contributed by atoms with Gasteiger partial charge in [-0.2, -0.15) is 0 Å². The molecule has 1 aromatic rings. The molecule has 7 heteroatoms. The zero-order chi connectivity index (χ0) is 15.1. The number of benzene rings is 1. The number of nitro groups is 1. The summed E-state index contributed by atoms with van der Waals surface area (Å²) >= 11 is 0. The molecule has 1 heterocycles. The number of nitro benzene ring substituents is 1. The molecule has 1 aromatic carbocycles. The predicted molar refractivity (Wildman–Crippen MR) is 72.4 cm³/mol. The van der Waals surface area contributed by atoms with Crippen molar-refractivity contribution in [3.8, 4) is 5.75 Å². The lowest BCUT2D eigenvalue weighted by molar-refractivity contribution is -0.385. The lowest BCUT2D eigenvalue weighted by Gasteiger charge is -2.42. The normalized spacial score (nSPS) is 16.1. The summed E-state index contributed by atoms with van der Waals surface area (Å²) < 4.78 is 10.2. The topological polar surface area (TPSA) is 81.9 Å². The molecule has 7 nitrogen and oxygen atoms in total. The lowest BCUT2D eigenvalue weighted by Crippen LogP contribution is -2.49. The van der Waals surface area contributed by atoms with Gasteiger partial charge in [-0.15, -0.1) is 0 Å². The largest absolute Gasteiger partial charge is 0.489 e. The van der Waals surface area contributed by atoms with Gasteiger partial charge in [-0.3, -0.25) is 10.1 Å². The first-order valence-corrected chi connectivity index (χ1v) is 6.05. The minimum Gasteiger partial charge on any atom is -0.489 e. The fraction of sp³-hybridized carbons (Fsp3) is 0.462. The van der Waals surface area contributed by atoms with Crippen molar-refractivity contribution in [2.45, 2.75) is 19.4 Å². The van der Waals surface area contributed by atoms with Gasteiger partial charge in [-0.1, -0.05) is 0 Å². The van der Waals surface area contributed by atoms with Gasteiger partial charge in [-0.05, 0) is 19.9 Å². The van der Waals surface area contributed by atoms with Gasteiger partial charge in [-0.25, -0.2) is 4.79 Å². The van der Waals surface area contributed by atoms with E-state index in [4.69, 9.17) is 4.74 Å². The van der Waals surface area contributed by atoms with Crippen molar-refractivity contribution in [3.05, 3.63) is 27.8 Å². The quantitative estimate of drug-likeness (QED) is 0.468. The molecule has 0 radical (unpaired) electrons. The second kappa shape index (κ2) is 4.66. The number of carbonyl (C=O) groups excluding carboxylic acids is 1. The van der Waals surface area contributed by atoms with Crippen molar-refractivity contribution in [1.29, 1.82) is 0 Å². The molecule has 0 atom stereocenters. The van der Waals surface area contributed by atoms with E-state index in [0.717, 1.165) is 0 Å². The van der Waals surface area contributed by atoms with Crippen LogP contribution in [0.2, 0.25) is 0 Å². The van der Waals surface area contributed by atoms with Gasteiger partial charge in [0.05, 0.1) is 29.3 Å². The van der Waals surface area contributed by atoms with Crippen LogP contribution in [0.5, 0.6) is 5.75 Å². The van der Waals surface area contributed by atoms with E-state index in [9.17, 15) is 14.9 Å². The Balaban J connectivity index is 2.63. The van der Waals surface area contributed by atoms with Crippen LogP contribution in [-0.2, 0) is 4.74 Å². The standard InChI is InChI=1S/C13H16N2O5/c1-13(2)7-20-11-6-9(15(17)18)8(12(16)19-4)5-10(11)14(13)3/h5-6H,7H2,1-4H3. The highest BCUT2D eigenvalue weighted by molar-refractivity contribution is 5.96. The number of likely N-dealkylation sites (N-methyl/N-ethyl adjacent to an activating group) is 1. The van der Waals surface area contributed by atoms with Gasteiger partial charge < -0.3 is 14.4 Å². The number of carbonyl (C=O) groups is 1. The molecule has 0 aromatic heterocycles. The molecule has 0 bridgehead atoms. The van der Waals surface area contributed by atoms with Crippen molar-refractivity contribution in [2.24, 2.45) is 0 Å². The SMILES string of the molecule is COC(=O)c1cc2c(cc1[N+](=O)[O-])OCC(C)(C)N2C. The Morgan fingerprint density at radius 1 is 1.50 bits per heavy atom. The lowest BCUT2D eigenvalue weighted by atomic mass is 10.00. The Hall–Kier alpha value is -2.31. The summed E-state index contributed by atoms with van der Waals surface area (Å²) in [6, 6.07) is 2.72. The summed E-state index contributed by atoms with van der Waals surface area (Å²) in [5.74, 6) is -0.345. The van der Waals surface area contributed by atoms with E-state index in [1.165, 1.54) is 19.2 Å². The molecule has 20 heavy (non-hydrogen) atoms. The summed E-state index contributed by atoms with van der Waals surface area (Å²) in [5, 5.41) is 11.1. The molecule has 2 rings (SSSR count). The van der Waals surface area contributed by atoms with Crippen molar-refractivity contribution in [2.75, 3.05) is 25.7 Å². The summed E-state index contributed by atoms with van der Waals surface area (Å²) in [4.78, 5) is 24.1. The molecule has 1 aliphatic rings. The fourth-order valence-electron chi connectivity index (χ4n) is 2.04. The second-order valence-corrected chi connectivity index (χ2v) is 5.25. The summed E-state index contributed by atoms with van der Waals surface area (Å²) in [5.41, 5.74) is -0.0309. The smallest absolute Gasteiger partial charge is 0.344 e. The highest BCUT2D eigenvalue weighted by Crippen LogP contribution is 2.41. The fourth-order valence-corrected chi connectivity index (χ4v) is 2.04. The maximum Gasteiger partial charge on any atom is 0.344 e. The van der Waals surface area contributed by atoms with Crippen molar-refractivity contribution in [3.63, 3.8) is 0 Å². The van der Waals surface area contributed by atoms with E-state index in [-0.39, 0.29) is 16.8 Å². The van der Waals surface area contributed by atoms with Gasteiger partial charge in [0.25, 0.3) is 5.69 Å². The Morgan fingerprint density at radius 2 is 2.15 bits per heavy atom. The summed E-state index contributed by atoms with van der Waals surface area (Å²) in [7, 11) is 3.05. The van der Waals surface area contributed by atoms with E-state index in [2.05, 4.69) is 4.74 Å². The molecule has 0 amide bonds. The van der Waals surface area contributed by atoms with Gasteiger partial charge >= 0.3 is 5.97 Å². The number of hydrogen-bond donors (Lipinski definition) is 0. The molecule has 0 unspecified atom stereocenters. The van der Waals surface area contributed by atoms with E-state index < -0.39 is 10.9 Å². The third-order valence-electron chi connectivity index (χ3n) is 3.53. The number of esters is 1. The number of fused-ring (bicyclic) bond motifs is 1. The van der Waals surface area contributed by atoms with Crippen LogP contribution >= 0.6 is 0 Å². The van der Waals surface area contributed by atoms with Crippen molar-refractivity contribution < 1.29 is 19.2 Å². The van der Waals surface area contributed by atoms with E-state index in [1.807, 2.05) is 25.8 Å². The van der Waals surface area contributed by atoms with Crippen LogP contribution in [0, 0.1) is 10.1 Å². The second-order valence-electron chi connectivity index (χ2n) is 5.25. The van der Waals surface area contributed by atoms with Crippen LogP contribution < -0.4 is 9.64 Å². The molecular formula is C13H16N2O5. The van der Waals surface area contributed by atoms with Crippen molar-refractivity contribution >= 4 is 17.3 Å². The summed E-state index contributed by atoms with van der Waals surface area (Å²) in [6.45, 7) is 4.37. The van der Waals surface area contributed by atoms with Gasteiger partial charge in [0.2, 0.25) is 0 Å². The van der Waals surface area contributed by atoms with Crippen LogP contribution in [0.15, 0.2) is 12.1 Å². The highest BCUT2D eigenvalue weighted by atomic mass is 16.6. The molecule has 0 saturated heterocycles. The maximum absolute atomic E-state index is 11.7. The van der Waals surface area contributed by atoms with Gasteiger partial charge in [0.1, 0.15) is 17.9 Å². The average molecular weight is 280 g/mol. The molecule has 108 valence electrons. The maximum atomic E-state index is 11.7. The van der Waals surface area contributed by atoms with Gasteiger partial charge in [0.15, 0.2) is 0 Å². The third-order valence-corrected chi connectivity index (χ3v) is 3.53. The predicted octanol–water partition coefficient (Wildman–Crippen LogP) is 1.99. The third kappa shape index (κ3) is 2.15. The van der Waals surface area contributed by atoms with Crippen LogP contribution in [-0.4, -0.2) is 37.2 Å². The van der Waals surface area contributed by atoms with Crippen LogP contribution in [0.4, 0.5) is 11.4 Å². The molecule has 0 saturated carbocycles. The highest BCUT2D eigenvalue weighted by Gasteiger charge is 2.35. The number of rotatable bonds is 2. The first-order chi connectivity index (χ1) is 9.27. The zero-order valence-corrected chi connectivity index (χ0v) is 11.8. The number of methoxy groups -OCH3 is 1. The van der Waals surface area contributed by atoms with E-state index >= 15 is 0 Å². The van der Waals surface area contributed by atoms with Crippen LogP contribution in [0.1, 0.15) is 24.2 Å². The molecule has 0 spiro atoms. The molecule has 1 aliphatic heterocycles.